The monoisotopic (exact) mass is 413 g/mol. The summed E-state index contributed by atoms with van der Waals surface area (Å²) in [5.74, 6) is -0.973. The second-order valence-corrected chi connectivity index (χ2v) is 7.80. The molecule has 2 aromatic rings. The summed E-state index contributed by atoms with van der Waals surface area (Å²) in [4.78, 5) is 37.6. The largest absolute Gasteiger partial charge is 0.448 e. The van der Waals surface area contributed by atoms with Crippen LogP contribution in [-0.4, -0.2) is 58.8 Å². The second kappa shape index (κ2) is 8.73. The van der Waals surface area contributed by atoms with Crippen LogP contribution in [-0.2, 0) is 21.4 Å². The molecule has 2 aliphatic heterocycles. The third-order valence-corrected chi connectivity index (χ3v) is 5.72. The molecule has 0 spiro atoms. The van der Waals surface area contributed by atoms with E-state index in [9.17, 15) is 14.4 Å². The predicted octanol–water partition coefficient (Wildman–Crippen LogP) is 2.13. The Morgan fingerprint density at radius 2 is 2.07 bits per heavy atom. The van der Waals surface area contributed by atoms with Gasteiger partial charge in [0.2, 0.25) is 11.8 Å². The van der Waals surface area contributed by atoms with Crippen LogP contribution in [0, 0.1) is 0 Å². The SMILES string of the molecule is Cn1nc(C2CCC(=O)NC2=O)c2cccc(NCCOC(=O)N3CCCCC3)c21. The average molecular weight is 413 g/mol. The fourth-order valence-corrected chi connectivity index (χ4v) is 4.21. The van der Waals surface area contributed by atoms with Gasteiger partial charge in [-0.2, -0.15) is 5.10 Å². The summed E-state index contributed by atoms with van der Waals surface area (Å²) < 4.78 is 7.13. The van der Waals surface area contributed by atoms with E-state index in [4.69, 9.17) is 4.74 Å². The Kier molecular flexibility index (Phi) is 5.87. The normalized spacial score (nSPS) is 19.6. The third kappa shape index (κ3) is 4.10. The van der Waals surface area contributed by atoms with Crippen molar-refractivity contribution in [2.24, 2.45) is 7.05 Å². The Hall–Kier alpha value is -3.10. The van der Waals surface area contributed by atoms with Crippen LogP contribution in [0.15, 0.2) is 18.2 Å². The summed E-state index contributed by atoms with van der Waals surface area (Å²) in [6.45, 7) is 2.27. The van der Waals surface area contributed by atoms with Crippen LogP contribution in [0.4, 0.5) is 10.5 Å². The Bertz CT molecular complexity index is 964. The third-order valence-electron chi connectivity index (χ3n) is 5.72. The Morgan fingerprint density at radius 3 is 2.83 bits per heavy atom. The first-order valence-electron chi connectivity index (χ1n) is 10.5. The van der Waals surface area contributed by atoms with E-state index >= 15 is 0 Å². The summed E-state index contributed by atoms with van der Waals surface area (Å²) in [6, 6.07) is 5.77. The summed E-state index contributed by atoms with van der Waals surface area (Å²) in [6.07, 6.45) is 3.75. The lowest BCUT2D eigenvalue weighted by atomic mass is 9.92. The van der Waals surface area contributed by atoms with Crippen molar-refractivity contribution in [3.05, 3.63) is 23.9 Å². The highest BCUT2D eigenvalue weighted by molar-refractivity contribution is 6.03. The maximum absolute atomic E-state index is 12.3. The van der Waals surface area contributed by atoms with Gasteiger partial charge < -0.3 is 15.0 Å². The molecule has 0 radical (unpaired) electrons. The van der Waals surface area contributed by atoms with Crippen LogP contribution in [0.2, 0.25) is 0 Å². The van der Waals surface area contributed by atoms with Gasteiger partial charge in [0.25, 0.3) is 0 Å². The maximum Gasteiger partial charge on any atom is 0.409 e. The highest BCUT2D eigenvalue weighted by Gasteiger charge is 2.31. The van der Waals surface area contributed by atoms with Crippen LogP contribution in [0.1, 0.15) is 43.7 Å². The van der Waals surface area contributed by atoms with Crippen molar-refractivity contribution in [3.63, 3.8) is 0 Å². The lowest BCUT2D eigenvalue weighted by Crippen LogP contribution is -2.39. The van der Waals surface area contributed by atoms with Gasteiger partial charge in [-0.05, 0) is 31.7 Å². The molecule has 9 nitrogen and oxygen atoms in total. The van der Waals surface area contributed by atoms with Gasteiger partial charge in [-0.1, -0.05) is 12.1 Å². The molecule has 3 amide bonds. The molecule has 160 valence electrons. The number of piperidine rings is 2. The lowest BCUT2D eigenvalue weighted by Gasteiger charge is -2.25. The molecule has 3 heterocycles. The first kappa shape index (κ1) is 20.2. The van der Waals surface area contributed by atoms with Crippen LogP contribution in [0.5, 0.6) is 0 Å². The van der Waals surface area contributed by atoms with Gasteiger partial charge >= 0.3 is 6.09 Å². The van der Waals surface area contributed by atoms with Gasteiger partial charge in [-0.3, -0.25) is 19.6 Å². The fraction of sp³-hybridized carbons (Fsp3) is 0.524. The minimum absolute atomic E-state index is 0.238. The number of aryl methyl sites for hydroxylation is 1. The summed E-state index contributed by atoms with van der Waals surface area (Å²) in [5, 5.41) is 11.2. The van der Waals surface area contributed by atoms with Crippen molar-refractivity contribution in [2.45, 2.75) is 38.0 Å². The van der Waals surface area contributed by atoms with E-state index in [1.54, 1.807) is 9.58 Å². The number of ether oxygens (including phenoxy) is 1. The van der Waals surface area contributed by atoms with Crippen LogP contribution in [0.3, 0.4) is 0 Å². The van der Waals surface area contributed by atoms with Crippen LogP contribution < -0.4 is 10.6 Å². The summed E-state index contributed by atoms with van der Waals surface area (Å²) in [5.41, 5.74) is 2.41. The van der Waals surface area contributed by atoms with E-state index in [1.807, 2.05) is 25.2 Å². The van der Waals surface area contributed by atoms with E-state index in [1.165, 1.54) is 6.42 Å². The number of hydrogen-bond donors (Lipinski definition) is 2. The number of anilines is 1. The Balaban J connectivity index is 1.42. The topological polar surface area (TPSA) is 106 Å². The Morgan fingerprint density at radius 1 is 1.27 bits per heavy atom. The molecule has 1 aromatic carbocycles. The van der Waals surface area contributed by atoms with E-state index in [-0.39, 0.29) is 24.5 Å². The number of rotatable bonds is 5. The van der Waals surface area contributed by atoms with Crippen molar-refractivity contribution in [3.8, 4) is 0 Å². The average Bonchev–Trinajstić information content (AvgIpc) is 3.09. The minimum atomic E-state index is -0.438. The molecule has 2 N–H and O–H groups in total. The number of benzene rings is 1. The van der Waals surface area contributed by atoms with Crippen LogP contribution in [0.25, 0.3) is 10.9 Å². The van der Waals surface area contributed by atoms with Gasteiger partial charge in [0, 0.05) is 38.5 Å². The number of hydrogen-bond acceptors (Lipinski definition) is 6. The molecular formula is C21H27N5O4. The molecule has 2 aliphatic rings. The number of likely N-dealkylation sites (tertiary alicyclic amines) is 1. The maximum atomic E-state index is 12.3. The number of aromatic nitrogens is 2. The molecular weight excluding hydrogens is 386 g/mol. The predicted molar refractivity (Wildman–Crippen MR) is 111 cm³/mol. The molecule has 1 aromatic heterocycles. The Labute approximate surface area is 174 Å². The van der Waals surface area contributed by atoms with E-state index in [0.717, 1.165) is 42.5 Å². The smallest absolute Gasteiger partial charge is 0.409 e. The molecule has 2 fully saturated rings. The van der Waals surface area contributed by atoms with Crippen molar-refractivity contribution >= 4 is 34.5 Å². The van der Waals surface area contributed by atoms with Crippen molar-refractivity contribution in [1.29, 1.82) is 0 Å². The molecule has 9 heteroatoms. The van der Waals surface area contributed by atoms with Crippen molar-refractivity contribution in [2.75, 3.05) is 31.6 Å². The molecule has 4 rings (SSSR count). The first-order chi connectivity index (χ1) is 14.5. The van der Waals surface area contributed by atoms with Gasteiger partial charge in [0.1, 0.15) is 6.61 Å². The zero-order chi connectivity index (χ0) is 21.1. The molecule has 30 heavy (non-hydrogen) atoms. The van der Waals surface area contributed by atoms with Gasteiger partial charge in [0.15, 0.2) is 0 Å². The zero-order valence-corrected chi connectivity index (χ0v) is 17.1. The van der Waals surface area contributed by atoms with Crippen molar-refractivity contribution in [1.82, 2.24) is 20.0 Å². The van der Waals surface area contributed by atoms with E-state index in [0.29, 0.717) is 25.1 Å². The molecule has 1 atom stereocenters. The second-order valence-electron chi connectivity index (χ2n) is 7.80. The van der Waals surface area contributed by atoms with Gasteiger partial charge in [-0.15, -0.1) is 0 Å². The fourth-order valence-electron chi connectivity index (χ4n) is 4.21. The molecule has 1 unspecified atom stereocenters. The number of fused-ring (bicyclic) bond motifs is 1. The standard InChI is InChI=1S/C21H27N5O4/c1-25-19-14(18(24-25)15-8-9-17(27)23-20(15)28)6-5-7-16(19)22-10-13-30-21(29)26-11-3-2-4-12-26/h5-7,15,22H,2-4,8-13H2,1H3,(H,23,27,28). The van der Waals surface area contributed by atoms with Gasteiger partial charge in [-0.25, -0.2) is 4.79 Å². The number of carbonyl (C=O) groups is 3. The minimum Gasteiger partial charge on any atom is -0.448 e. The quantitative estimate of drug-likeness (QED) is 0.575. The number of nitrogens with zero attached hydrogens (tertiary/aromatic N) is 3. The molecule has 0 saturated carbocycles. The zero-order valence-electron chi connectivity index (χ0n) is 17.1. The lowest BCUT2D eigenvalue weighted by molar-refractivity contribution is -0.134. The number of nitrogens with one attached hydrogen (secondary N) is 2. The van der Waals surface area contributed by atoms with Crippen LogP contribution >= 0.6 is 0 Å². The molecule has 2 saturated heterocycles. The molecule has 0 aliphatic carbocycles. The van der Waals surface area contributed by atoms with Crippen molar-refractivity contribution < 1.29 is 19.1 Å². The first-order valence-corrected chi connectivity index (χ1v) is 10.5. The van der Waals surface area contributed by atoms with Gasteiger partial charge in [0.05, 0.1) is 22.8 Å². The number of amides is 3. The summed E-state index contributed by atoms with van der Waals surface area (Å²) in [7, 11) is 1.83. The highest BCUT2D eigenvalue weighted by Crippen LogP contribution is 2.33. The summed E-state index contributed by atoms with van der Waals surface area (Å²) >= 11 is 0. The number of imide groups is 1. The number of carbonyl (C=O) groups excluding carboxylic acids is 3. The molecule has 0 bridgehead atoms. The highest BCUT2D eigenvalue weighted by atomic mass is 16.6. The number of para-hydroxylation sites is 1. The van der Waals surface area contributed by atoms with E-state index in [2.05, 4.69) is 15.7 Å². The van der Waals surface area contributed by atoms with E-state index < -0.39 is 5.92 Å².